The second-order valence-electron chi connectivity index (χ2n) is 4.42. The van der Waals surface area contributed by atoms with Gasteiger partial charge < -0.3 is 9.30 Å². The largest absolute Gasteiger partial charge is 0.464 e. The van der Waals surface area contributed by atoms with Crippen molar-refractivity contribution in [2.24, 2.45) is 0 Å². The van der Waals surface area contributed by atoms with Crippen molar-refractivity contribution in [3.05, 3.63) is 54.1 Å². The molecular weight excluding hydrogens is 256 g/mol. The normalized spacial score (nSPS) is 10.2. The van der Waals surface area contributed by atoms with Crippen molar-refractivity contribution < 1.29 is 14.3 Å². The average Bonchev–Trinajstić information content (AvgIpc) is 2.93. The molecule has 104 valence electrons. The highest BCUT2D eigenvalue weighted by Gasteiger charge is 2.14. The fourth-order valence-corrected chi connectivity index (χ4v) is 1.92. The van der Waals surface area contributed by atoms with Crippen molar-refractivity contribution in [3.63, 3.8) is 0 Å². The van der Waals surface area contributed by atoms with E-state index < -0.39 is 5.97 Å². The number of carbonyl (C=O) groups is 2. The molecule has 0 radical (unpaired) electrons. The van der Waals surface area contributed by atoms with Gasteiger partial charge in [-0.05, 0) is 12.0 Å². The Kier molecular flexibility index (Phi) is 4.65. The molecule has 1 aromatic carbocycles. The third kappa shape index (κ3) is 3.54. The summed E-state index contributed by atoms with van der Waals surface area (Å²) in [6.45, 7) is 0.136. The molecule has 1 aromatic heterocycles. The van der Waals surface area contributed by atoms with Crippen molar-refractivity contribution >= 4 is 11.8 Å². The standard InChI is InChI=1S/C15H16N2O3/c1-20-15(19)14-9-16-11-17(14)10-13(18)8-7-12-5-3-2-4-6-12/h2-6,9,11H,7-8,10H2,1H3. The second-order valence-corrected chi connectivity index (χ2v) is 4.42. The minimum atomic E-state index is -0.488. The predicted octanol–water partition coefficient (Wildman–Crippen LogP) is 1.87. The van der Waals surface area contributed by atoms with Gasteiger partial charge in [-0.25, -0.2) is 9.78 Å². The first-order chi connectivity index (χ1) is 9.70. The lowest BCUT2D eigenvalue weighted by Crippen LogP contribution is -2.16. The molecule has 0 aliphatic carbocycles. The molecule has 0 aliphatic rings. The van der Waals surface area contributed by atoms with Crippen LogP contribution in [0.4, 0.5) is 0 Å². The van der Waals surface area contributed by atoms with E-state index in [2.05, 4.69) is 9.72 Å². The number of esters is 1. The molecule has 2 aromatic rings. The first-order valence-corrected chi connectivity index (χ1v) is 6.35. The van der Waals surface area contributed by atoms with Gasteiger partial charge in [0.05, 0.1) is 26.2 Å². The molecule has 0 spiro atoms. The molecule has 2 rings (SSSR count). The zero-order valence-corrected chi connectivity index (χ0v) is 11.3. The molecule has 1 heterocycles. The third-order valence-corrected chi connectivity index (χ3v) is 2.99. The highest BCUT2D eigenvalue weighted by Crippen LogP contribution is 2.06. The fraction of sp³-hybridized carbons (Fsp3) is 0.267. The summed E-state index contributed by atoms with van der Waals surface area (Å²) in [5.74, 6) is -0.435. The van der Waals surface area contributed by atoms with Crippen LogP contribution in [0.5, 0.6) is 0 Å². The molecule has 0 saturated carbocycles. The van der Waals surface area contributed by atoms with E-state index in [-0.39, 0.29) is 12.3 Å². The number of aromatic nitrogens is 2. The van der Waals surface area contributed by atoms with Crippen LogP contribution in [0.15, 0.2) is 42.9 Å². The molecule has 5 heteroatoms. The van der Waals surface area contributed by atoms with E-state index in [1.807, 2.05) is 30.3 Å². The van der Waals surface area contributed by atoms with E-state index in [0.717, 1.165) is 5.56 Å². The Morgan fingerprint density at radius 1 is 1.25 bits per heavy atom. The number of methoxy groups -OCH3 is 1. The first-order valence-electron chi connectivity index (χ1n) is 6.35. The highest BCUT2D eigenvalue weighted by molar-refractivity contribution is 5.88. The molecule has 0 saturated heterocycles. The van der Waals surface area contributed by atoms with Crippen LogP contribution < -0.4 is 0 Å². The Morgan fingerprint density at radius 2 is 2.00 bits per heavy atom. The smallest absolute Gasteiger partial charge is 0.356 e. The molecule has 5 nitrogen and oxygen atoms in total. The highest BCUT2D eigenvalue weighted by atomic mass is 16.5. The zero-order chi connectivity index (χ0) is 14.4. The molecule has 0 N–H and O–H groups in total. The topological polar surface area (TPSA) is 61.2 Å². The number of nitrogens with zero attached hydrogens (tertiary/aromatic N) is 2. The van der Waals surface area contributed by atoms with E-state index in [0.29, 0.717) is 18.5 Å². The summed E-state index contributed by atoms with van der Waals surface area (Å²) in [5.41, 5.74) is 1.42. The summed E-state index contributed by atoms with van der Waals surface area (Å²) in [7, 11) is 1.30. The van der Waals surface area contributed by atoms with E-state index in [9.17, 15) is 9.59 Å². The van der Waals surface area contributed by atoms with E-state index in [1.54, 1.807) is 0 Å². The van der Waals surface area contributed by atoms with Gasteiger partial charge >= 0.3 is 5.97 Å². The van der Waals surface area contributed by atoms with Crippen LogP contribution in [0.1, 0.15) is 22.5 Å². The maximum atomic E-state index is 11.9. The zero-order valence-electron chi connectivity index (χ0n) is 11.3. The van der Waals surface area contributed by atoms with Crippen molar-refractivity contribution in [2.75, 3.05) is 7.11 Å². The number of benzene rings is 1. The van der Waals surface area contributed by atoms with Crippen LogP contribution in [-0.2, 0) is 22.5 Å². The van der Waals surface area contributed by atoms with Crippen LogP contribution in [-0.4, -0.2) is 28.4 Å². The SMILES string of the molecule is COC(=O)c1cncn1CC(=O)CCc1ccccc1. The van der Waals surface area contributed by atoms with Crippen molar-refractivity contribution in [1.29, 1.82) is 0 Å². The number of imidazole rings is 1. The van der Waals surface area contributed by atoms with Gasteiger partial charge in [-0.3, -0.25) is 4.79 Å². The lowest BCUT2D eigenvalue weighted by molar-refractivity contribution is -0.119. The monoisotopic (exact) mass is 272 g/mol. The van der Waals surface area contributed by atoms with Crippen molar-refractivity contribution in [3.8, 4) is 0 Å². The quantitative estimate of drug-likeness (QED) is 0.753. The summed E-state index contributed by atoms with van der Waals surface area (Å²) >= 11 is 0. The maximum absolute atomic E-state index is 11.9. The number of carbonyl (C=O) groups excluding carboxylic acids is 2. The summed E-state index contributed by atoms with van der Waals surface area (Å²) in [5, 5.41) is 0. The number of hydrogen-bond acceptors (Lipinski definition) is 4. The van der Waals surface area contributed by atoms with Crippen molar-refractivity contribution in [2.45, 2.75) is 19.4 Å². The number of aryl methyl sites for hydroxylation is 1. The molecule has 0 fully saturated rings. The van der Waals surface area contributed by atoms with E-state index in [4.69, 9.17) is 0 Å². The summed E-state index contributed by atoms with van der Waals surface area (Å²) < 4.78 is 6.15. The fourth-order valence-electron chi connectivity index (χ4n) is 1.92. The van der Waals surface area contributed by atoms with E-state index >= 15 is 0 Å². The number of Topliss-reactive ketones (excluding diaryl/α,β-unsaturated/α-hetero) is 1. The summed E-state index contributed by atoms with van der Waals surface area (Å²) in [6.07, 6.45) is 3.99. The summed E-state index contributed by atoms with van der Waals surface area (Å²) in [6, 6.07) is 9.82. The van der Waals surface area contributed by atoms with Gasteiger partial charge in [0.2, 0.25) is 0 Å². The lowest BCUT2D eigenvalue weighted by Gasteiger charge is -2.06. The minimum Gasteiger partial charge on any atom is -0.464 e. The van der Waals surface area contributed by atoms with Gasteiger partial charge in [0.15, 0.2) is 5.78 Å². The van der Waals surface area contributed by atoms with Crippen LogP contribution in [0.2, 0.25) is 0 Å². The molecular formula is C15H16N2O3. The van der Waals surface area contributed by atoms with Crippen molar-refractivity contribution in [1.82, 2.24) is 9.55 Å². The third-order valence-electron chi connectivity index (χ3n) is 2.99. The van der Waals surface area contributed by atoms with E-state index in [1.165, 1.54) is 24.2 Å². The lowest BCUT2D eigenvalue weighted by atomic mass is 10.1. The number of rotatable bonds is 6. The van der Waals surface area contributed by atoms with Crippen LogP contribution in [0.3, 0.4) is 0 Å². The van der Waals surface area contributed by atoms with Gasteiger partial charge in [0.1, 0.15) is 5.69 Å². The number of hydrogen-bond donors (Lipinski definition) is 0. The van der Waals surface area contributed by atoms with Gasteiger partial charge in [0, 0.05) is 6.42 Å². The first kappa shape index (κ1) is 14.0. The van der Waals surface area contributed by atoms with Gasteiger partial charge in [0.25, 0.3) is 0 Å². The maximum Gasteiger partial charge on any atom is 0.356 e. The predicted molar refractivity (Wildman–Crippen MR) is 73.3 cm³/mol. The molecule has 0 bridgehead atoms. The molecule has 0 aliphatic heterocycles. The minimum absolute atomic E-state index is 0.0528. The number of ether oxygens (including phenoxy) is 1. The van der Waals surface area contributed by atoms with Gasteiger partial charge in [-0.2, -0.15) is 0 Å². The molecule has 0 amide bonds. The average molecular weight is 272 g/mol. The Hall–Kier alpha value is -2.43. The molecule has 0 atom stereocenters. The van der Waals surface area contributed by atoms with Crippen LogP contribution in [0.25, 0.3) is 0 Å². The Bertz CT molecular complexity index is 590. The molecule has 0 unspecified atom stereocenters. The van der Waals surface area contributed by atoms with Crippen LogP contribution >= 0.6 is 0 Å². The Labute approximate surface area is 117 Å². The van der Waals surface area contributed by atoms with Crippen LogP contribution in [0, 0.1) is 0 Å². The van der Waals surface area contributed by atoms with Gasteiger partial charge in [-0.1, -0.05) is 30.3 Å². The Balaban J connectivity index is 1.92. The van der Waals surface area contributed by atoms with Gasteiger partial charge in [-0.15, -0.1) is 0 Å². The number of ketones is 1. The molecule has 20 heavy (non-hydrogen) atoms. The summed E-state index contributed by atoms with van der Waals surface area (Å²) in [4.78, 5) is 27.3. The Morgan fingerprint density at radius 3 is 2.70 bits per heavy atom. The second kappa shape index (κ2) is 6.65.